The molecule has 0 bridgehead atoms. The number of carbonyl (C=O) groups is 2. The fraction of sp³-hybridized carbons (Fsp3) is 0.222. The lowest BCUT2D eigenvalue weighted by atomic mass is 10.1. The van der Waals surface area contributed by atoms with Gasteiger partial charge in [-0.05, 0) is 42.5 Å². The second-order valence-electron chi connectivity index (χ2n) is 5.72. The van der Waals surface area contributed by atoms with Gasteiger partial charge in [0.25, 0.3) is 0 Å². The molecule has 2 aromatic rings. The van der Waals surface area contributed by atoms with Crippen LogP contribution >= 0.6 is 27.5 Å². The highest BCUT2D eigenvalue weighted by Crippen LogP contribution is 2.29. The summed E-state index contributed by atoms with van der Waals surface area (Å²) in [5.74, 6) is 0.00434. The quantitative estimate of drug-likeness (QED) is 0.805. The fourth-order valence-electron chi connectivity index (χ4n) is 2.72. The van der Waals surface area contributed by atoms with E-state index in [1.54, 1.807) is 42.3 Å². The Morgan fingerprint density at radius 3 is 2.64 bits per heavy atom. The van der Waals surface area contributed by atoms with Crippen LogP contribution in [0.4, 0.5) is 11.4 Å². The average molecular weight is 424 g/mol. The first kappa shape index (κ1) is 17.8. The van der Waals surface area contributed by atoms with Crippen LogP contribution < -0.4 is 15.0 Å². The van der Waals surface area contributed by atoms with Crippen LogP contribution in [0.15, 0.2) is 46.9 Å². The molecule has 0 aliphatic carbocycles. The van der Waals surface area contributed by atoms with Gasteiger partial charge in [0.1, 0.15) is 5.75 Å². The predicted octanol–water partition coefficient (Wildman–Crippen LogP) is 4.10. The lowest BCUT2D eigenvalue weighted by Crippen LogP contribution is -2.28. The summed E-state index contributed by atoms with van der Waals surface area (Å²) in [7, 11) is 1.59. The van der Waals surface area contributed by atoms with Crippen LogP contribution in [0.1, 0.15) is 6.42 Å². The number of nitrogens with one attached hydrogen (secondary N) is 1. The number of rotatable bonds is 4. The lowest BCUT2D eigenvalue weighted by molar-refractivity contribution is -0.122. The molecule has 1 aliphatic heterocycles. The van der Waals surface area contributed by atoms with Crippen LogP contribution in [0.25, 0.3) is 0 Å². The molecule has 1 aliphatic rings. The third-order valence-electron chi connectivity index (χ3n) is 4.07. The van der Waals surface area contributed by atoms with Gasteiger partial charge in [0.2, 0.25) is 11.8 Å². The Kier molecular flexibility index (Phi) is 5.30. The van der Waals surface area contributed by atoms with E-state index < -0.39 is 5.92 Å². The highest BCUT2D eigenvalue weighted by molar-refractivity contribution is 9.10. The molecule has 130 valence electrons. The van der Waals surface area contributed by atoms with Crippen molar-refractivity contribution in [3.05, 3.63) is 52.0 Å². The van der Waals surface area contributed by atoms with Gasteiger partial charge < -0.3 is 15.0 Å². The Balaban J connectivity index is 1.69. The zero-order valence-corrected chi connectivity index (χ0v) is 15.8. The van der Waals surface area contributed by atoms with Crippen LogP contribution in [0.3, 0.4) is 0 Å². The predicted molar refractivity (Wildman–Crippen MR) is 101 cm³/mol. The number of methoxy groups -OCH3 is 1. The number of ether oxygens (including phenoxy) is 1. The molecule has 1 saturated heterocycles. The first-order valence-corrected chi connectivity index (χ1v) is 8.85. The van der Waals surface area contributed by atoms with Crippen molar-refractivity contribution in [2.45, 2.75) is 6.42 Å². The maximum absolute atomic E-state index is 12.5. The van der Waals surface area contributed by atoms with Gasteiger partial charge in [-0.1, -0.05) is 27.5 Å². The van der Waals surface area contributed by atoms with E-state index in [4.69, 9.17) is 16.3 Å². The highest BCUT2D eigenvalue weighted by Gasteiger charge is 2.35. The summed E-state index contributed by atoms with van der Waals surface area (Å²) in [6.07, 6.45) is 0.173. The monoisotopic (exact) mass is 422 g/mol. The van der Waals surface area contributed by atoms with Crippen molar-refractivity contribution in [1.82, 2.24) is 0 Å². The Labute approximate surface area is 159 Å². The largest absolute Gasteiger partial charge is 0.497 e. The molecule has 1 unspecified atom stereocenters. The average Bonchev–Trinajstić information content (AvgIpc) is 2.99. The molecule has 2 amide bonds. The first-order chi connectivity index (χ1) is 12.0. The molecular formula is C18H16BrClN2O3. The number of amides is 2. The Morgan fingerprint density at radius 1 is 1.28 bits per heavy atom. The van der Waals surface area contributed by atoms with Crippen LogP contribution in [0.2, 0.25) is 5.02 Å². The van der Waals surface area contributed by atoms with E-state index in [1.165, 1.54) is 0 Å². The van der Waals surface area contributed by atoms with E-state index in [9.17, 15) is 9.59 Å². The number of anilines is 2. The van der Waals surface area contributed by atoms with E-state index in [0.29, 0.717) is 17.3 Å². The Hall–Kier alpha value is -2.05. The molecule has 5 nitrogen and oxygen atoms in total. The van der Waals surface area contributed by atoms with Gasteiger partial charge >= 0.3 is 0 Å². The Bertz CT molecular complexity index is 810. The zero-order valence-electron chi connectivity index (χ0n) is 13.5. The lowest BCUT2D eigenvalue weighted by Gasteiger charge is -2.17. The van der Waals surface area contributed by atoms with E-state index in [1.807, 2.05) is 12.1 Å². The molecule has 0 saturated carbocycles. The second-order valence-corrected chi connectivity index (χ2v) is 7.04. The summed E-state index contributed by atoms with van der Waals surface area (Å²) in [5, 5.41) is 3.24. The van der Waals surface area contributed by atoms with E-state index in [-0.39, 0.29) is 18.2 Å². The molecular weight excluding hydrogens is 408 g/mol. The van der Waals surface area contributed by atoms with Gasteiger partial charge in [0.15, 0.2) is 0 Å². The maximum atomic E-state index is 12.5. The molecule has 3 rings (SSSR count). The second kappa shape index (κ2) is 7.45. The first-order valence-electron chi connectivity index (χ1n) is 7.68. The minimum Gasteiger partial charge on any atom is -0.497 e. The molecule has 1 heterocycles. The number of halogens is 2. The van der Waals surface area contributed by atoms with Crippen molar-refractivity contribution in [2.75, 3.05) is 23.9 Å². The molecule has 7 heteroatoms. The van der Waals surface area contributed by atoms with Gasteiger partial charge in [0.05, 0.1) is 23.7 Å². The molecule has 1 N–H and O–H groups in total. The minimum absolute atomic E-state index is 0.0766. The molecule has 25 heavy (non-hydrogen) atoms. The highest BCUT2D eigenvalue weighted by atomic mass is 79.9. The summed E-state index contributed by atoms with van der Waals surface area (Å²) < 4.78 is 5.95. The van der Waals surface area contributed by atoms with Crippen molar-refractivity contribution in [2.24, 2.45) is 5.92 Å². The number of carbonyl (C=O) groups excluding carboxylic acids is 2. The third-order valence-corrected chi connectivity index (χ3v) is 4.87. The van der Waals surface area contributed by atoms with Gasteiger partial charge in [-0.15, -0.1) is 0 Å². The van der Waals surface area contributed by atoms with Crippen LogP contribution in [-0.4, -0.2) is 25.5 Å². The number of nitrogens with zero attached hydrogens (tertiary/aromatic N) is 1. The standard InChI is InChI=1S/C18H16BrClN2O3/c1-25-14-5-3-13(4-6-14)22-10-11(8-17(22)23)18(24)21-16-7-2-12(19)9-15(16)20/h2-7,9,11H,8,10H2,1H3,(H,21,24). The number of hydrogen-bond donors (Lipinski definition) is 1. The molecule has 0 spiro atoms. The molecule has 2 aromatic carbocycles. The van der Waals surface area contributed by atoms with Crippen LogP contribution in [0, 0.1) is 5.92 Å². The fourth-order valence-corrected chi connectivity index (χ4v) is 3.44. The molecule has 0 aromatic heterocycles. The van der Waals surface area contributed by atoms with Crippen molar-refractivity contribution >= 4 is 50.7 Å². The van der Waals surface area contributed by atoms with Crippen LogP contribution in [0.5, 0.6) is 5.75 Å². The summed E-state index contributed by atoms with van der Waals surface area (Å²) >= 11 is 9.45. The van der Waals surface area contributed by atoms with E-state index >= 15 is 0 Å². The van der Waals surface area contributed by atoms with E-state index in [2.05, 4.69) is 21.2 Å². The van der Waals surface area contributed by atoms with Gasteiger partial charge in [-0.2, -0.15) is 0 Å². The van der Waals surface area contributed by atoms with Crippen LogP contribution in [-0.2, 0) is 9.59 Å². The van der Waals surface area contributed by atoms with Gasteiger partial charge in [-0.25, -0.2) is 0 Å². The normalized spacial score (nSPS) is 16.8. The third kappa shape index (κ3) is 3.96. The molecule has 0 radical (unpaired) electrons. The number of benzene rings is 2. The van der Waals surface area contributed by atoms with Crippen molar-refractivity contribution in [3.8, 4) is 5.75 Å². The zero-order chi connectivity index (χ0) is 18.0. The van der Waals surface area contributed by atoms with Crippen molar-refractivity contribution < 1.29 is 14.3 Å². The summed E-state index contributed by atoms with van der Waals surface area (Å²) in [4.78, 5) is 26.4. The van der Waals surface area contributed by atoms with Gasteiger partial charge in [-0.3, -0.25) is 9.59 Å². The smallest absolute Gasteiger partial charge is 0.229 e. The molecule has 1 atom stereocenters. The van der Waals surface area contributed by atoms with Crippen molar-refractivity contribution in [3.63, 3.8) is 0 Å². The SMILES string of the molecule is COc1ccc(N2CC(C(=O)Nc3ccc(Br)cc3Cl)CC2=O)cc1. The van der Waals surface area contributed by atoms with Crippen molar-refractivity contribution in [1.29, 1.82) is 0 Å². The topological polar surface area (TPSA) is 58.6 Å². The Morgan fingerprint density at radius 2 is 2.00 bits per heavy atom. The van der Waals surface area contributed by atoms with Gasteiger partial charge in [0, 0.05) is 23.1 Å². The minimum atomic E-state index is -0.422. The van der Waals surface area contributed by atoms with E-state index in [0.717, 1.165) is 15.9 Å². The summed E-state index contributed by atoms with van der Waals surface area (Å²) in [5.41, 5.74) is 1.29. The summed E-state index contributed by atoms with van der Waals surface area (Å²) in [6.45, 7) is 0.338. The maximum Gasteiger partial charge on any atom is 0.229 e. The number of hydrogen-bond acceptors (Lipinski definition) is 3. The molecule has 1 fully saturated rings. The summed E-state index contributed by atoms with van der Waals surface area (Å²) in [6, 6.07) is 12.4.